The second kappa shape index (κ2) is 17.5. The average Bonchev–Trinajstić information content (AvgIpc) is 1.00. The average molecular weight is 293 g/mol. The fraction of sp³-hybridized carbons (Fsp3) is 0. The maximum atomic E-state index is 1.44. The summed E-state index contributed by atoms with van der Waals surface area (Å²) in [6.45, 7) is 0. The first kappa shape index (κ1) is 16.0. The van der Waals surface area contributed by atoms with Gasteiger partial charge in [0.15, 0.2) is 0 Å². The zero-order valence-corrected chi connectivity index (χ0v) is 9.19. The molecule has 4 heavy (non-hydrogen) atoms. The molecule has 0 amide bonds. The molecule has 32 valence electrons. The van der Waals surface area contributed by atoms with E-state index >= 15 is 0 Å². The Kier molecular flexibility index (Phi) is 69.9. The topological polar surface area (TPSA) is 0 Å². The molecule has 0 nitrogen and oxygen atoms in total. The van der Waals surface area contributed by atoms with Crippen LogP contribution in [0.4, 0.5) is 0 Å². The van der Waals surface area contributed by atoms with Gasteiger partial charge in [0.1, 0.15) is 0 Å². The van der Waals surface area contributed by atoms with Crippen LogP contribution in [0.15, 0.2) is 0 Å². The molecule has 0 saturated heterocycles. The van der Waals surface area contributed by atoms with Crippen LogP contribution in [0.1, 0.15) is 0 Å². The molecule has 0 aromatic rings. The minimum absolute atomic E-state index is 0. The van der Waals surface area contributed by atoms with E-state index < -0.39 is 0 Å². The van der Waals surface area contributed by atoms with Crippen LogP contribution < -0.4 is 0 Å². The van der Waals surface area contributed by atoms with E-state index in [-0.39, 0.29) is 33.6 Å². The van der Waals surface area contributed by atoms with Gasteiger partial charge in [-0.25, -0.2) is 0 Å². The van der Waals surface area contributed by atoms with Crippen molar-refractivity contribution in [1.82, 2.24) is 0 Å². The Hall–Kier alpha value is 2.61. The molecular weight excluding hydrogens is 290 g/mol. The van der Waals surface area contributed by atoms with E-state index in [1.165, 1.54) is 43.2 Å². The zero-order valence-electron chi connectivity index (χ0n) is 2.12. The third-order valence-electron chi connectivity index (χ3n) is 0. The van der Waals surface area contributed by atoms with Crippen molar-refractivity contribution in [2.45, 2.75) is 0 Å². The van der Waals surface area contributed by atoms with E-state index in [0.29, 0.717) is 0 Å². The number of hydrogen-bond donors (Lipinski definition) is 0. The molecule has 0 fully saturated rings. The van der Waals surface area contributed by atoms with Crippen molar-refractivity contribution in [3.05, 3.63) is 0 Å². The van der Waals surface area contributed by atoms with E-state index in [2.05, 4.69) is 0 Å². The van der Waals surface area contributed by atoms with Crippen molar-refractivity contribution in [1.29, 1.82) is 0 Å². The van der Waals surface area contributed by atoms with Crippen LogP contribution in [-0.2, 0) is 33.6 Å². The SMILES string of the molecule is [Cu].[Ni].[SiH3][Ce]. The standard InChI is InChI=1S/Ce.Cu.Ni.H3Si/h;;;1H3. The molecule has 0 aromatic carbocycles. The monoisotopic (exact) mass is 292 g/mol. The van der Waals surface area contributed by atoms with Crippen LogP contribution in [0.2, 0.25) is 0 Å². The van der Waals surface area contributed by atoms with E-state index in [4.69, 9.17) is 0 Å². The van der Waals surface area contributed by atoms with Gasteiger partial charge in [-0.2, -0.15) is 0 Å². The molecule has 0 unspecified atom stereocenters. The molecular formula is H3CeCuNiSi. The van der Waals surface area contributed by atoms with Gasteiger partial charge in [0.2, 0.25) is 0 Å². The summed E-state index contributed by atoms with van der Waals surface area (Å²) in [5.74, 6) is 0. The van der Waals surface area contributed by atoms with Gasteiger partial charge in [-0.3, -0.25) is 0 Å². The summed E-state index contributed by atoms with van der Waals surface area (Å²) in [6.07, 6.45) is 0. The summed E-state index contributed by atoms with van der Waals surface area (Å²) in [7, 11) is 0. The molecule has 0 saturated carbocycles. The van der Waals surface area contributed by atoms with Crippen molar-refractivity contribution in [2.24, 2.45) is 0 Å². The normalized spacial score (nSPS) is 1.75. The molecule has 1 radical (unpaired) electrons. The molecule has 0 N–H and O–H groups in total. The Morgan fingerprint density at radius 3 is 1.25 bits per heavy atom. The van der Waals surface area contributed by atoms with Crippen LogP contribution in [-0.4, -0.2) is 4.67 Å². The summed E-state index contributed by atoms with van der Waals surface area (Å²) >= 11 is 1.44. The predicted molar refractivity (Wildman–Crippen MR) is 9.94 cm³/mol. The first-order valence-corrected chi connectivity index (χ1v) is 10.9. The Labute approximate surface area is 75.1 Å². The quantitative estimate of drug-likeness (QED) is 0.493. The zero-order chi connectivity index (χ0) is 2.00. The van der Waals surface area contributed by atoms with Crippen molar-refractivity contribution >= 4 is 4.67 Å². The second-order valence-corrected chi connectivity index (χ2v) is 0. The molecule has 0 aliphatic carbocycles. The van der Waals surface area contributed by atoms with E-state index in [1.54, 1.807) is 0 Å². The first-order valence-electron chi connectivity index (χ1n) is 0.500. The molecule has 0 atom stereocenters. The molecule has 0 aliphatic rings. The van der Waals surface area contributed by atoms with Crippen molar-refractivity contribution in [3.63, 3.8) is 0 Å². The third-order valence-corrected chi connectivity index (χ3v) is 0. The van der Waals surface area contributed by atoms with Crippen LogP contribution >= 0.6 is 0 Å². The molecule has 0 rings (SSSR count). The molecule has 0 bridgehead atoms. The molecule has 4 heteroatoms. The Bertz CT molecular complexity index is 8.00. The number of rotatable bonds is 0. The second-order valence-electron chi connectivity index (χ2n) is 0. The minimum atomic E-state index is 0. The summed E-state index contributed by atoms with van der Waals surface area (Å²) < 4.78 is 1.44. The van der Waals surface area contributed by atoms with Gasteiger partial charge in [-0.1, -0.05) is 0 Å². The summed E-state index contributed by atoms with van der Waals surface area (Å²) in [6, 6.07) is 0. The predicted octanol–water partition coefficient (Wildman–Crippen LogP) is -1.19. The van der Waals surface area contributed by atoms with Gasteiger partial charge in [-0.05, 0) is 0 Å². The molecule has 0 heterocycles. The third kappa shape index (κ3) is 8.82. The van der Waals surface area contributed by atoms with Crippen molar-refractivity contribution in [2.75, 3.05) is 0 Å². The van der Waals surface area contributed by atoms with Gasteiger partial charge in [0.05, 0.1) is 0 Å². The van der Waals surface area contributed by atoms with Crippen molar-refractivity contribution in [3.8, 4) is 0 Å². The summed E-state index contributed by atoms with van der Waals surface area (Å²) in [5.41, 5.74) is 0. The summed E-state index contributed by atoms with van der Waals surface area (Å²) in [4.78, 5) is 0. The van der Waals surface area contributed by atoms with E-state index in [9.17, 15) is 0 Å². The van der Waals surface area contributed by atoms with Crippen LogP contribution in [0.5, 0.6) is 0 Å². The van der Waals surface area contributed by atoms with Crippen LogP contribution in [0, 0.1) is 38.5 Å². The van der Waals surface area contributed by atoms with E-state index in [0.717, 1.165) is 0 Å². The fourth-order valence-corrected chi connectivity index (χ4v) is 0. The fourth-order valence-electron chi connectivity index (χ4n) is 0. The molecule has 0 spiro atoms. The van der Waals surface area contributed by atoms with Gasteiger partial charge in [0, 0.05) is 33.6 Å². The van der Waals surface area contributed by atoms with E-state index in [1.807, 2.05) is 0 Å². The van der Waals surface area contributed by atoms with Crippen molar-refractivity contribution < 1.29 is 72.1 Å². The Morgan fingerprint density at radius 1 is 1.25 bits per heavy atom. The van der Waals surface area contributed by atoms with Crippen LogP contribution in [0.25, 0.3) is 0 Å². The van der Waals surface area contributed by atoms with Gasteiger partial charge in [0.25, 0.3) is 0 Å². The first-order chi connectivity index (χ1) is 1.00. The molecule has 0 aliphatic heterocycles. The number of hydrogen-bond acceptors (Lipinski definition) is 0. The van der Waals surface area contributed by atoms with Gasteiger partial charge >= 0.3 is 43.2 Å². The Balaban J connectivity index is -0.00000000500. The van der Waals surface area contributed by atoms with Gasteiger partial charge < -0.3 is 0 Å². The van der Waals surface area contributed by atoms with Crippen LogP contribution in [0.3, 0.4) is 0 Å². The molecule has 0 aromatic heterocycles. The summed E-state index contributed by atoms with van der Waals surface area (Å²) in [5, 5.41) is 0. The van der Waals surface area contributed by atoms with Gasteiger partial charge in [-0.15, -0.1) is 0 Å². The maximum absolute atomic E-state index is 1.44. The Morgan fingerprint density at radius 2 is 1.25 bits per heavy atom.